The van der Waals surface area contributed by atoms with Crippen LogP contribution in [-0.2, 0) is 0 Å². The lowest BCUT2D eigenvalue weighted by Crippen LogP contribution is -2.04. The molecule has 2 heteroatoms. The topological polar surface area (TPSA) is 25.8 Å². The van der Waals surface area contributed by atoms with Crippen molar-refractivity contribution < 1.29 is 0 Å². The molecule has 1 heterocycles. The number of aryl methyl sites for hydroxylation is 2. The predicted octanol–water partition coefficient (Wildman–Crippen LogP) is 3.88. The lowest BCUT2D eigenvalue weighted by Gasteiger charge is -2.12. The van der Waals surface area contributed by atoms with E-state index < -0.39 is 0 Å². The van der Waals surface area contributed by atoms with E-state index in [-0.39, 0.29) is 0 Å². The van der Waals surface area contributed by atoms with E-state index in [0.29, 0.717) is 5.92 Å². The van der Waals surface area contributed by atoms with E-state index in [0.717, 1.165) is 28.3 Å². The first-order valence-electron chi connectivity index (χ1n) is 6.00. The van der Waals surface area contributed by atoms with Gasteiger partial charge in [-0.1, -0.05) is 44.2 Å². The SMILES string of the molecule is Cc1nc(C(C)C)c(C)nc1-c1ccccc1. The van der Waals surface area contributed by atoms with Crippen LogP contribution in [0.5, 0.6) is 0 Å². The lowest BCUT2D eigenvalue weighted by molar-refractivity contribution is 0.788. The van der Waals surface area contributed by atoms with Crippen LogP contribution in [0.2, 0.25) is 0 Å². The summed E-state index contributed by atoms with van der Waals surface area (Å²) in [6.45, 7) is 8.37. The number of rotatable bonds is 2. The van der Waals surface area contributed by atoms with E-state index in [1.807, 2.05) is 32.0 Å². The molecule has 0 amide bonds. The molecule has 1 aromatic heterocycles. The summed E-state index contributed by atoms with van der Waals surface area (Å²) in [7, 11) is 0. The van der Waals surface area contributed by atoms with Gasteiger partial charge >= 0.3 is 0 Å². The highest BCUT2D eigenvalue weighted by Gasteiger charge is 2.11. The minimum atomic E-state index is 0.422. The summed E-state index contributed by atoms with van der Waals surface area (Å²) >= 11 is 0. The second-order valence-corrected chi connectivity index (χ2v) is 4.65. The Kier molecular flexibility index (Phi) is 3.23. The molecule has 0 aliphatic heterocycles. The van der Waals surface area contributed by atoms with E-state index in [2.05, 4.69) is 31.0 Å². The van der Waals surface area contributed by atoms with Crippen molar-refractivity contribution in [2.75, 3.05) is 0 Å². The molecule has 0 unspecified atom stereocenters. The molecule has 0 saturated carbocycles. The van der Waals surface area contributed by atoms with E-state index in [4.69, 9.17) is 4.98 Å². The first-order chi connectivity index (χ1) is 8.09. The molecule has 0 fully saturated rings. The number of benzene rings is 1. The summed E-state index contributed by atoms with van der Waals surface area (Å²) in [5.41, 5.74) is 5.26. The quantitative estimate of drug-likeness (QED) is 0.776. The Balaban J connectivity index is 2.55. The normalized spacial score (nSPS) is 10.9. The molecule has 1 aromatic carbocycles. The van der Waals surface area contributed by atoms with Crippen LogP contribution in [0.3, 0.4) is 0 Å². The second kappa shape index (κ2) is 4.66. The van der Waals surface area contributed by atoms with Crippen molar-refractivity contribution in [2.45, 2.75) is 33.6 Å². The summed E-state index contributed by atoms with van der Waals surface area (Å²) in [6.07, 6.45) is 0. The maximum absolute atomic E-state index is 4.70. The van der Waals surface area contributed by atoms with Gasteiger partial charge in [-0.15, -0.1) is 0 Å². The monoisotopic (exact) mass is 226 g/mol. The van der Waals surface area contributed by atoms with E-state index in [1.54, 1.807) is 0 Å². The average Bonchev–Trinajstić information content (AvgIpc) is 2.32. The van der Waals surface area contributed by atoms with Crippen molar-refractivity contribution in [3.63, 3.8) is 0 Å². The Bertz CT molecular complexity index is 516. The van der Waals surface area contributed by atoms with Crippen LogP contribution in [0.1, 0.15) is 36.8 Å². The molecule has 2 aromatic rings. The summed E-state index contributed by atoms with van der Waals surface area (Å²) in [6, 6.07) is 10.2. The molecule has 0 saturated heterocycles. The van der Waals surface area contributed by atoms with E-state index in [1.165, 1.54) is 0 Å². The highest BCUT2D eigenvalue weighted by Crippen LogP contribution is 2.23. The smallest absolute Gasteiger partial charge is 0.0917 e. The summed E-state index contributed by atoms with van der Waals surface area (Å²) in [5.74, 6) is 0.422. The lowest BCUT2D eigenvalue weighted by atomic mass is 10.1. The zero-order valence-electron chi connectivity index (χ0n) is 10.9. The first-order valence-corrected chi connectivity index (χ1v) is 6.00. The Labute approximate surface area is 103 Å². The highest BCUT2D eigenvalue weighted by molar-refractivity contribution is 5.61. The Morgan fingerprint density at radius 3 is 2.12 bits per heavy atom. The van der Waals surface area contributed by atoms with Crippen molar-refractivity contribution >= 4 is 0 Å². The summed E-state index contributed by atoms with van der Waals surface area (Å²) in [5, 5.41) is 0. The second-order valence-electron chi connectivity index (χ2n) is 4.65. The average molecular weight is 226 g/mol. The Hall–Kier alpha value is -1.70. The van der Waals surface area contributed by atoms with Gasteiger partial charge in [0.2, 0.25) is 0 Å². The maximum Gasteiger partial charge on any atom is 0.0917 e. The summed E-state index contributed by atoms with van der Waals surface area (Å²) < 4.78 is 0. The van der Waals surface area contributed by atoms with Crippen molar-refractivity contribution in [3.05, 3.63) is 47.4 Å². The van der Waals surface area contributed by atoms with Crippen LogP contribution >= 0.6 is 0 Å². The van der Waals surface area contributed by atoms with Crippen LogP contribution in [0, 0.1) is 13.8 Å². The number of aromatic nitrogens is 2. The highest BCUT2D eigenvalue weighted by atomic mass is 14.8. The van der Waals surface area contributed by atoms with Gasteiger partial charge in [-0.2, -0.15) is 0 Å². The largest absolute Gasteiger partial charge is 0.254 e. The fraction of sp³-hybridized carbons (Fsp3) is 0.333. The van der Waals surface area contributed by atoms with Crippen molar-refractivity contribution in [1.29, 1.82) is 0 Å². The fourth-order valence-corrected chi connectivity index (χ4v) is 2.04. The van der Waals surface area contributed by atoms with Crippen molar-refractivity contribution in [3.8, 4) is 11.3 Å². The van der Waals surface area contributed by atoms with E-state index in [9.17, 15) is 0 Å². The molecular formula is C15H18N2. The Morgan fingerprint density at radius 2 is 1.53 bits per heavy atom. The molecule has 88 valence electrons. The molecule has 0 spiro atoms. The zero-order valence-corrected chi connectivity index (χ0v) is 10.9. The standard InChI is InChI=1S/C15H18N2/c1-10(2)14-11(3)17-15(12(4)16-14)13-8-6-5-7-9-13/h5-10H,1-4H3. The molecule has 0 atom stereocenters. The van der Waals surface area contributed by atoms with Gasteiger partial charge in [-0.3, -0.25) is 4.98 Å². The van der Waals surface area contributed by atoms with Crippen LogP contribution in [-0.4, -0.2) is 9.97 Å². The molecule has 2 rings (SSSR count). The maximum atomic E-state index is 4.70. The van der Waals surface area contributed by atoms with Crippen LogP contribution in [0.15, 0.2) is 30.3 Å². The molecule has 17 heavy (non-hydrogen) atoms. The third-order valence-corrected chi connectivity index (χ3v) is 2.88. The van der Waals surface area contributed by atoms with Gasteiger partial charge in [-0.05, 0) is 19.8 Å². The first kappa shape index (κ1) is 11.8. The Morgan fingerprint density at radius 1 is 0.882 bits per heavy atom. The van der Waals surface area contributed by atoms with Gasteiger partial charge in [0.1, 0.15) is 0 Å². The third kappa shape index (κ3) is 2.36. The minimum absolute atomic E-state index is 0.422. The van der Waals surface area contributed by atoms with Crippen molar-refractivity contribution in [2.24, 2.45) is 0 Å². The van der Waals surface area contributed by atoms with Gasteiger partial charge < -0.3 is 0 Å². The number of hydrogen-bond acceptors (Lipinski definition) is 2. The third-order valence-electron chi connectivity index (χ3n) is 2.88. The summed E-state index contributed by atoms with van der Waals surface area (Å²) in [4.78, 5) is 9.39. The van der Waals surface area contributed by atoms with Gasteiger partial charge in [0, 0.05) is 5.56 Å². The molecule has 0 bridgehead atoms. The number of nitrogens with zero attached hydrogens (tertiary/aromatic N) is 2. The minimum Gasteiger partial charge on any atom is -0.254 e. The predicted molar refractivity (Wildman–Crippen MR) is 71.0 cm³/mol. The number of hydrogen-bond donors (Lipinski definition) is 0. The van der Waals surface area contributed by atoms with Crippen molar-refractivity contribution in [1.82, 2.24) is 9.97 Å². The molecular weight excluding hydrogens is 208 g/mol. The molecule has 0 radical (unpaired) electrons. The molecule has 2 nitrogen and oxygen atoms in total. The molecule has 0 aliphatic rings. The van der Waals surface area contributed by atoms with Crippen LogP contribution in [0.4, 0.5) is 0 Å². The molecule has 0 N–H and O–H groups in total. The van der Waals surface area contributed by atoms with Gasteiger partial charge in [0.05, 0.1) is 22.8 Å². The molecule has 0 aliphatic carbocycles. The fourth-order valence-electron chi connectivity index (χ4n) is 2.04. The zero-order chi connectivity index (χ0) is 12.4. The van der Waals surface area contributed by atoms with Gasteiger partial charge in [0.25, 0.3) is 0 Å². The van der Waals surface area contributed by atoms with E-state index >= 15 is 0 Å². The van der Waals surface area contributed by atoms with Crippen LogP contribution < -0.4 is 0 Å². The van der Waals surface area contributed by atoms with Gasteiger partial charge in [0.15, 0.2) is 0 Å². The van der Waals surface area contributed by atoms with Crippen LogP contribution in [0.25, 0.3) is 11.3 Å². The van der Waals surface area contributed by atoms with Gasteiger partial charge in [-0.25, -0.2) is 4.98 Å².